The van der Waals surface area contributed by atoms with Gasteiger partial charge in [-0.25, -0.2) is 15.0 Å². The van der Waals surface area contributed by atoms with E-state index in [0.29, 0.717) is 29.8 Å². The molecule has 0 unspecified atom stereocenters. The largest absolute Gasteiger partial charge is 0.433 e. The number of hydrogen-bond donors (Lipinski definition) is 3. The lowest BCUT2D eigenvalue weighted by molar-refractivity contribution is -0.141. The molecule has 0 saturated carbocycles. The minimum absolute atomic E-state index is 0.0442. The Kier molecular flexibility index (Phi) is 6.40. The molecular weight excluding hydrogens is 399 g/mol. The average molecular weight is 417 g/mol. The minimum Gasteiger partial charge on any atom is -0.368 e. The van der Waals surface area contributed by atoms with Gasteiger partial charge in [0, 0.05) is 31.5 Å². The van der Waals surface area contributed by atoms with Crippen LogP contribution in [0.5, 0.6) is 0 Å². The standard InChI is InChI=1S/C19H18F3N7O/c1-12-27-16(10-17(28-12)29-15-4-2-3-7-23-15)24-8-9-25-18(30)13-5-6-14(26-11-13)19(20,21)22/h2-7,10-11H,8-9H2,1H3,(H,25,30)(H2,23,24,27,28,29). The predicted molar refractivity (Wildman–Crippen MR) is 104 cm³/mol. The summed E-state index contributed by atoms with van der Waals surface area (Å²) in [7, 11) is 0. The van der Waals surface area contributed by atoms with Gasteiger partial charge in [0.05, 0.1) is 5.56 Å². The summed E-state index contributed by atoms with van der Waals surface area (Å²) in [5, 5.41) is 8.73. The van der Waals surface area contributed by atoms with Crippen molar-refractivity contribution < 1.29 is 18.0 Å². The lowest BCUT2D eigenvalue weighted by Gasteiger charge is -2.11. The molecule has 0 radical (unpaired) electrons. The topological polar surface area (TPSA) is 105 Å². The van der Waals surface area contributed by atoms with Crippen LogP contribution in [0.25, 0.3) is 0 Å². The first-order valence-electron chi connectivity index (χ1n) is 8.90. The third-order valence-corrected chi connectivity index (χ3v) is 3.79. The molecule has 8 nitrogen and oxygen atoms in total. The Balaban J connectivity index is 1.51. The molecule has 0 aliphatic carbocycles. The van der Waals surface area contributed by atoms with Gasteiger partial charge < -0.3 is 16.0 Å². The molecular formula is C19H18F3N7O. The quantitative estimate of drug-likeness (QED) is 0.507. The fourth-order valence-corrected chi connectivity index (χ4v) is 2.45. The molecule has 0 aliphatic heterocycles. The van der Waals surface area contributed by atoms with Gasteiger partial charge in [-0.1, -0.05) is 6.07 Å². The van der Waals surface area contributed by atoms with Gasteiger partial charge in [-0.3, -0.25) is 9.78 Å². The molecule has 0 fully saturated rings. The van der Waals surface area contributed by atoms with Crippen molar-refractivity contribution in [2.24, 2.45) is 0 Å². The lowest BCUT2D eigenvalue weighted by Crippen LogP contribution is -2.29. The van der Waals surface area contributed by atoms with E-state index in [9.17, 15) is 18.0 Å². The molecule has 0 aromatic carbocycles. The Morgan fingerprint density at radius 3 is 2.47 bits per heavy atom. The highest BCUT2D eigenvalue weighted by Crippen LogP contribution is 2.27. The zero-order valence-corrected chi connectivity index (χ0v) is 15.9. The molecule has 156 valence electrons. The van der Waals surface area contributed by atoms with Gasteiger partial charge in [-0.15, -0.1) is 0 Å². The lowest BCUT2D eigenvalue weighted by atomic mass is 10.2. The second-order valence-electron chi connectivity index (χ2n) is 6.14. The van der Waals surface area contributed by atoms with Gasteiger partial charge >= 0.3 is 6.18 Å². The number of aryl methyl sites for hydroxylation is 1. The summed E-state index contributed by atoms with van der Waals surface area (Å²) in [4.78, 5) is 28.0. The Bertz CT molecular complexity index is 995. The number of rotatable bonds is 7. The minimum atomic E-state index is -4.54. The van der Waals surface area contributed by atoms with Crippen LogP contribution in [0.4, 0.5) is 30.6 Å². The second-order valence-corrected chi connectivity index (χ2v) is 6.14. The zero-order valence-electron chi connectivity index (χ0n) is 15.9. The number of carbonyl (C=O) groups excluding carboxylic acids is 1. The van der Waals surface area contributed by atoms with Crippen LogP contribution in [0, 0.1) is 6.92 Å². The number of halogens is 3. The molecule has 11 heteroatoms. The summed E-state index contributed by atoms with van der Waals surface area (Å²) in [6.07, 6.45) is -1.99. The van der Waals surface area contributed by atoms with Gasteiger partial charge in [0.25, 0.3) is 5.91 Å². The first-order chi connectivity index (χ1) is 14.3. The normalized spacial score (nSPS) is 11.1. The van der Waals surface area contributed by atoms with Crippen LogP contribution in [0.1, 0.15) is 21.9 Å². The first kappa shape index (κ1) is 21.0. The van der Waals surface area contributed by atoms with Crippen LogP contribution < -0.4 is 16.0 Å². The highest BCUT2D eigenvalue weighted by atomic mass is 19.4. The van der Waals surface area contributed by atoms with Gasteiger partial charge in [0.2, 0.25) is 0 Å². The molecule has 30 heavy (non-hydrogen) atoms. The molecule has 1 amide bonds. The summed E-state index contributed by atoms with van der Waals surface area (Å²) >= 11 is 0. The Morgan fingerprint density at radius 2 is 1.80 bits per heavy atom. The molecule has 0 atom stereocenters. The van der Waals surface area contributed by atoms with E-state index in [2.05, 4.69) is 35.9 Å². The first-order valence-corrected chi connectivity index (χ1v) is 8.90. The Morgan fingerprint density at radius 1 is 1.00 bits per heavy atom. The van der Waals surface area contributed by atoms with Crippen molar-refractivity contribution in [3.63, 3.8) is 0 Å². The maximum atomic E-state index is 12.5. The van der Waals surface area contributed by atoms with Gasteiger partial charge in [-0.05, 0) is 31.2 Å². The number of carbonyl (C=O) groups is 1. The van der Waals surface area contributed by atoms with Gasteiger partial charge in [-0.2, -0.15) is 13.2 Å². The summed E-state index contributed by atoms with van der Waals surface area (Å²) < 4.78 is 37.6. The van der Waals surface area contributed by atoms with E-state index in [1.54, 1.807) is 31.3 Å². The van der Waals surface area contributed by atoms with Crippen LogP contribution in [0.3, 0.4) is 0 Å². The monoisotopic (exact) mass is 417 g/mol. The summed E-state index contributed by atoms with van der Waals surface area (Å²) in [6.45, 7) is 2.32. The molecule has 3 aromatic rings. The van der Waals surface area contributed by atoms with Crippen LogP contribution in [0.2, 0.25) is 0 Å². The van der Waals surface area contributed by atoms with E-state index >= 15 is 0 Å². The number of pyridine rings is 2. The SMILES string of the molecule is Cc1nc(NCCNC(=O)c2ccc(C(F)(F)F)nc2)cc(Nc2ccccn2)n1. The van der Waals surface area contributed by atoms with Gasteiger partial charge in [0.15, 0.2) is 0 Å². The Labute approximate surface area is 170 Å². The number of alkyl halides is 3. The zero-order chi connectivity index (χ0) is 21.6. The van der Waals surface area contributed by atoms with Crippen molar-refractivity contribution in [3.05, 3.63) is 65.9 Å². The molecule has 0 spiro atoms. The van der Waals surface area contributed by atoms with Crippen LogP contribution in [-0.2, 0) is 6.18 Å². The molecule has 0 aliphatic rings. The molecule has 0 bridgehead atoms. The summed E-state index contributed by atoms with van der Waals surface area (Å²) in [6, 6.07) is 9.00. The van der Waals surface area contributed by atoms with Crippen LogP contribution in [-0.4, -0.2) is 38.9 Å². The summed E-state index contributed by atoms with van der Waals surface area (Å²) in [5.41, 5.74) is -1.00. The van der Waals surface area contributed by atoms with Crippen molar-refractivity contribution in [2.45, 2.75) is 13.1 Å². The van der Waals surface area contributed by atoms with E-state index < -0.39 is 17.8 Å². The molecule has 0 saturated heterocycles. The van der Waals surface area contributed by atoms with Crippen molar-refractivity contribution in [3.8, 4) is 0 Å². The average Bonchev–Trinajstić information content (AvgIpc) is 2.71. The van der Waals surface area contributed by atoms with E-state index in [1.807, 2.05) is 6.07 Å². The van der Waals surface area contributed by atoms with Crippen molar-refractivity contribution in [1.29, 1.82) is 0 Å². The fraction of sp³-hybridized carbons (Fsp3) is 0.211. The number of nitrogens with zero attached hydrogens (tertiary/aromatic N) is 4. The van der Waals surface area contributed by atoms with E-state index in [0.717, 1.165) is 18.3 Å². The number of aromatic nitrogens is 4. The number of hydrogen-bond acceptors (Lipinski definition) is 7. The summed E-state index contributed by atoms with van der Waals surface area (Å²) in [5.74, 6) is 1.77. The maximum absolute atomic E-state index is 12.5. The number of anilines is 3. The third kappa shape index (κ3) is 5.87. The van der Waals surface area contributed by atoms with E-state index in [1.165, 1.54) is 0 Å². The smallest absolute Gasteiger partial charge is 0.368 e. The molecule has 3 rings (SSSR count). The fourth-order valence-electron chi connectivity index (χ4n) is 2.45. The predicted octanol–water partition coefficient (Wildman–Crippen LogP) is 3.18. The second kappa shape index (κ2) is 9.16. The highest BCUT2D eigenvalue weighted by molar-refractivity contribution is 5.93. The number of nitrogens with one attached hydrogen (secondary N) is 3. The van der Waals surface area contributed by atoms with Crippen molar-refractivity contribution in [2.75, 3.05) is 23.7 Å². The van der Waals surface area contributed by atoms with Crippen molar-refractivity contribution in [1.82, 2.24) is 25.3 Å². The molecule has 3 aromatic heterocycles. The molecule has 3 heterocycles. The van der Waals surface area contributed by atoms with E-state index in [-0.39, 0.29) is 12.1 Å². The highest BCUT2D eigenvalue weighted by Gasteiger charge is 2.32. The van der Waals surface area contributed by atoms with Crippen LogP contribution in [0.15, 0.2) is 48.8 Å². The van der Waals surface area contributed by atoms with Gasteiger partial charge in [0.1, 0.15) is 29.0 Å². The van der Waals surface area contributed by atoms with Crippen LogP contribution >= 0.6 is 0 Å². The Hall–Kier alpha value is -3.76. The van der Waals surface area contributed by atoms with Crippen molar-refractivity contribution >= 4 is 23.4 Å². The molecule has 3 N–H and O–H groups in total. The number of amides is 1. The third-order valence-electron chi connectivity index (χ3n) is 3.79. The maximum Gasteiger partial charge on any atom is 0.433 e. The van der Waals surface area contributed by atoms with E-state index in [4.69, 9.17) is 0 Å².